The Balaban J connectivity index is 1.85. The smallest absolute Gasteiger partial charge is 0.235 e. The van der Waals surface area contributed by atoms with Crippen LogP contribution in [0.2, 0.25) is 0 Å². The van der Waals surface area contributed by atoms with E-state index >= 15 is 0 Å². The van der Waals surface area contributed by atoms with Gasteiger partial charge in [0.2, 0.25) is 5.91 Å². The van der Waals surface area contributed by atoms with E-state index < -0.39 is 5.54 Å². The monoisotopic (exact) mass is 291 g/mol. The zero-order valence-corrected chi connectivity index (χ0v) is 12.9. The van der Waals surface area contributed by atoms with Crippen LogP contribution in [0.4, 0.5) is 0 Å². The van der Waals surface area contributed by atoms with Gasteiger partial charge >= 0.3 is 0 Å². The number of likely N-dealkylation sites (N-methyl/N-ethyl adjacent to an activating group) is 1. The number of hydrogen-bond acceptors (Lipinski definition) is 4. The van der Waals surface area contributed by atoms with Crippen molar-refractivity contribution in [3.63, 3.8) is 0 Å². The molecule has 0 radical (unpaired) electrons. The fourth-order valence-electron chi connectivity index (χ4n) is 2.66. The van der Waals surface area contributed by atoms with Crippen LogP contribution in [-0.4, -0.2) is 29.9 Å². The quantitative estimate of drug-likeness (QED) is 0.906. The lowest BCUT2D eigenvalue weighted by Gasteiger charge is -2.24. The molecule has 20 heavy (non-hydrogen) atoms. The number of hydrogen-bond donors (Lipinski definition) is 1. The molecule has 1 aliphatic carbocycles. The average Bonchev–Trinajstić information content (AvgIpc) is 3.00. The van der Waals surface area contributed by atoms with Gasteiger partial charge in [0, 0.05) is 11.4 Å². The van der Waals surface area contributed by atoms with E-state index in [-0.39, 0.29) is 5.91 Å². The minimum atomic E-state index is -0.614. The highest BCUT2D eigenvalue weighted by atomic mass is 32.1. The first-order valence-electron chi connectivity index (χ1n) is 6.98. The van der Waals surface area contributed by atoms with Crippen molar-refractivity contribution >= 4 is 17.2 Å². The highest BCUT2D eigenvalue weighted by Crippen LogP contribution is 2.28. The fraction of sp³-hybridized carbons (Fsp3) is 0.600. The van der Waals surface area contributed by atoms with Crippen LogP contribution in [0.5, 0.6) is 0 Å². The highest BCUT2D eigenvalue weighted by molar-refractivity contribution is 7.10. The number of carbonyl (C=O) groups excluding carboxylic acids is 1. The van der Waals surface area contributed by atoms with E-state index in [0.717, 1.165) is 32.2 Å². The second kappa shape index (κ2) is 6.38. The predicted octanol–water partition coefficient (Wildman–Crippen LogP) is 2.44. The van der Waals surface area contributed by atoms with Crippen LogP contribution in [0.1, 0.15) is 36.1 Å². The van der Waals surface area contributed by atoms with Gasteiger partial charge in [-0.3, -0.25) is 9.69 Å². The number of nitrogens with zero attached hydrogens (tertiary/aromatic N) is 2. The van der Waals surface area contributed by atoms with Crippen LogP contribution in [0, 0.1) is 18.3 Å². The molecule has 0 bridgehead atoms. The Hall–Kier alpha value is -1.38. The van der Waals surface area contributed by atoms with Crippen molar-refractivity contribution in [2.75, 3.05) is 13.6 Å². The van der Waals surface area contributed by atoms with Gasteiger partial charge in [-0.2, -0.15) is 5.26 Å². The molecule has 4 nitrogen and oxygen atoms in total. The summed E-state index contributed by atoms with van der Waals surface area (Å²) >= 11 is 1.72. The van der Waals surface area contributed by atoms with Crippen molar-refractivity contribution < 1.29 is 4.79 Å². The summed E-state index contributed by atoms with van der Waals surface area (Å²) in [6, 6.07) is 4.38. The molecule has 5 heteroatoms. The molecule has 1 saturated carbocycles. The summed E-state index contributed by atoms with van der Waals surface area (Å²) in [6.45, 7) is 3.19. The standard InChI is InChI=1S/C15H21N3OS/c1-12-5-8-20-13(12)9-18(2)10-14(19)17-15(11-16)6-3-4-7-15/h5,8H,3-4,6-7,9-10H2,1-2H3,(H,17,19). The second-order valence-corrected chi connectivity index (χ2v) is 6.65. The van der Waals surface area contributed by atoms with E-state index in [1.807, 2.05) is 11.9 Å². The third-order valence-corrected chi connectivity index (χ3v) is 4.85. The summed E-state index contributed by atoms with van der Waals surface area (Å²) in [5.74, 6) is -0.0508. The topological polar surface area (TPSA) is 56.1 Å². The molecule has 0 atom stereocenters. The van der Waals surface area contributed by atoms with Crippen LogP contribution >= 0.6 is 11.3 Å². The summed E-state index contributed by atoms with van der Waals surface area (Å²) in [6.07, 6.45) is 3.61. The van der Waals surface area contributed by atoms with E-state index in [2.05, 4.69) is 29.8 Å². The van der Waals surface area contributed by atoms with Gasteiger partial charge in [0.05, 0.1) is 12.6 Å². The molecule has 2 rings (SSSR count). The maximum Gasteiger partial charge on any atom is 0.235 e. The van der Waals surface area contributed by atoms with Crippen molar-refractivity contribution in [3.8, 4) is 6.07 Å². The number of amides is 1. The first kappa shape index (κ1) is 15.0. The lowest BCUT2D eigenvalue weighted by Crippen LogP contribution is -2.48. The normalized spacial score (nSPS) is 17.1. The van der Waals surface area contributed by atoms with Gasteiger partial charge in [-0.15, -0.1) is 11.3 Å². The Kier molecular flexibility index (Phi) is 4.79. The number of aryl methyl sites for hydroxylation is 1. The third-order valence-electron chi connectivity index (χ3n) is 3.85. The minimum absolute atomic E-state index is 0.0508. The number of carbonyl (C=O) groups is 1. The summed E-state index contributed by atoms with van der Waals surface area (Å²) < 4.78 is 0. The number of nitriles is 1. The summed E-state index contributed by atoms with van der Waals surface area (Å²) in [7, 11) is 1.94. The molecule has 1 fully saturated rings. The predicted molar refractivity (Wildman–Crippen MR) is 80.3 cm³/mol. The number of rotatable bonds is 5. The van der Waals surface area contributed by atoms with Crippen LogP contribution in [-0.2, 0) is 11.3 Å². The number of thiophene rings is 1. The SMILES string of the molecule is Cc1ccsc1CN(C)CC(=O)NC1(C#N)CCCC1. The third kappa shape index (κ3) is 3.59. The van der Waals surface area contributed by atoms with Crippen molar-refractivity contribution in [1.82, 2.24) is 10.2 Å². The largest absolute Gasteiger partial charge is 0.337 e. The Morgan fingerprint density at radius 1 is 1.55 bits per heavy atom. The zero-order chi connectivity index (χ0) is 14.6. The van der Waals surface area contributed by atoms with Crippen LogP contribution in [0.15, 0.2) is 11.4 Å². The molecule has 1 aliphatic rings. The Morgan fingerprint density at radius 2 is 2.25 bits per heavy atom. The Labute approximate surface area is 124 Å². The summed E-state index contributed by atoms with van der Waals surface area (Å²) in [5.41, 5.74) is 0.656. The van der Waals surface area contributed by atoms with Gasteiger partial charge in [-0.1, -0.05) is 0 Å². The van der Waals surface area contributed by atoms with Crippen molar-refractivity contribution in [1.29, 1.82) is 5.26 Å². The van der Waals surface area contributed by atoms with E-state index in [1.54, 1.807) is 11.3 Å². The Bertz CT molecular complexity index is 511. The van der Waals surface area contributed by atoms with Crippen LogP contribution in [0.3, 0.4) is 0 Å². The van der Waals surface area contributed by atoms with Gasteiger partial charge in [0.25, 0.3) is 0 Å². The lowest BCUT2D eigenvalue weighted by molar-refractivity contribution is -0.123. The van der Waals surface area contributed by atoms with Crippen LogP contribution < -0.4 is 5.32 Å². The molecule has 1 amide bonds. The molecular formula is C15H21N3OS. The lowest BCUT2D eigenvalue weighted by atomic mass is 10.00. The maximum absolute atomic E-state index is 12.1. The summed E-state index contributed by atoms with van der Waals surface area (Å²) in [5, 5.41) is 14.3. The van der Waals surface area contributed by atoms with Gasteiger partial charge in [0.15, 0.2) is 0 Å². The molecule has 1 heterocycles. The molecule has 0 aliphatic heterocycles. The maximum atomic E-state index is 12.1. The van der Waals surface area contributed by atoms with Crippen molar-refractivity contribution in [3.05, 3.63) is 21.9 Å². The molecule has 0 aromatic carbocycles. The zero-order valence-electron chi connectivity index (χ0n) is 12.1. The highest BCUT2D eigenvalue weighted by Gasteiger charge is 2.35. The second-order valence-electron chi connectivity index (χ2n) is 5.65. The van der Waals surface area contributed by atoms with E-state index in [4.69, 9.17) is 0 Å². The van der Waals surface area contributed by atoms with Crippen LogP contribution in [0.25, 0.3) is 0 Å². The van der Waals surface area contributed by atoms with Gasteiger partial charge in [0.1, 0.15) is 5.54 Å². The first-order chi connectivity index (χ1) is 9.54. The van der Waals surface area contributed by atoms with Gasteiger partial charge in [-0.25, -0.2) is 0 Å². The van der Waals surface area contributed by atoms with Gasteiger partial charge < -0.3 is 5.32 Å². The average molecular weight is 291 g/mol. The van der Waals surface area contributed by atoms with Gasteiger partial charge in [-0.05, 0) is 56.7 Å². The molecule has 1 aromatic heterocycles. The van der Waals surface area contributed by atoms with Crippen molar-refractivity contribution in [2.24, 2.45) is 0 Å². The summed E-state index contributed by atoms with van der Waals surface area (Å²) in [4.78, 5) is 15.4. The molecular weight excluding hydrogens is 270 g/mol. The van der Waals surface area contributed by atoms with Crippen molar-refractivity contribution in [2.45, 2.75) is 44.7 Å². The van der Waals surface area contributed by atoms with E-state index in [1.165, 1.54) is 10.4 Å². The minimum Gasteiger partial charge on any atom is -0.337 e. The molecule has 0 saturated heterocycles. The molecule has 1 N–H and O–H groups in total. The molecule has 0 unspecified atom stereocenters. The molecule has 1 aromatic rings. The number of nitrogens with one attached hydrogen (secondary N) is 1. The first-order valence-corrected chi connectivity index (χ1v) is 7.86. The molecule has 0 spiro atoms. The fourth-order valence-corrected chi connectivity index (χ4v) is 3.65. The Morgan fingerprint density at radius 3 is 2.80 bits per heavy atom. The van der Waals surface area contributed by atoms with E-state index in [0.29, 0.717) is 6.54 Å². The van der Waals surface area contributed by atoms with E-state index in [9.17, 15) is 10.1 Å². The molecule has 108 valence electrons.